The van der Waals surface area contributed by atoms with Crippen molar-refractivity contribution in [3.05, 3.63) is 39.0 Å². The van der Waals surface area contributed by atoms with Gasteiger partial charge in [0.1, 0.15) is 11.1 Å². The van der Waals surface area contributed by atoms with Crippen molar-refractivity contribution in [3.63, 3.8) is 0 Å². The number of nitrogens with two attached hydrogens (primary N) is 1. The Morgan fingerprint density at radius 2 is 2.00 bits per heavy atom. The van der Waals surface area contributed by atoms with Crippen molar-refractivity contribution in [2.45, 2.75) is 6.29 Å². The molecule has 1 aliphatic rings. The highest BCUT2D eigenvalue weighted by molar-refractivity contribution is 6.31. The van der Waals surface area contributed by atoms with Crippen LogP contribution in [0.25, 0.3) is 11.0 Å². The van der Waals surface area contributed by atoms with Crippen LogP contribution >= 0.6 is 11.6 Å². The number of nitrogen functional groups attached to an aromatic ring is 1. The summed E-state index contributed by atoms with van der Waals surface area (Å²) in [6, 6.07) is 4.78. The van der Waals surface area contributed by atoms with Crippen LogP contribution in [0.5, 0.6) is 0 Å². The molecular weight excluding hydrogens is 258 g/mol. The maximum atomic E-state index is 12.3. The van der Waals surface area contributed by atoms with Crippen molar-refractivity contribution in [1.29, 1.82) is 0 Å². The van der Waals surface area contributed by atoms with E-state index in [9.17, 15) is 4.79 Å². The lowest BCUT2D eigenvalue weighted by Gasteiger charge is -2.11. The zero-order valence-corrected chi connectivity index (χ0v) is 10.1. The van der Waals surface area contributed by atoms with E-state index in [1.165, 1.54) is 0 Å². The van der Waals surface area contributed by atoms with Gasteiger partial charge >= 0.3 is 0 Å². The van der Waals surface area contributed by atoms with Gasteiger partial charge in [-0.2, -0.15) is 0 Å². The molecule has 0 radical (unpaired) electrons. The van der Waals surface area contributed by atoms with Crippen LogP contribution in [0.15, 0.2) is 27.4 Å². The molecule has 1 fully saturated rings. The van der Waals surface area contributed by atoms with Gasteiger partial charge in [-0.1, -0.05) is 11.6 Å². The molecule has 0 atom stereocenters. The lowest BCUT2D eigenvalue weighted by molar-refractivity contribution is -0.0449. The highest BCUT2D eigenvalue weighted by Crippen LogP contribution is 2.28. The Morgan fingerprint density at radius 3 is 2.72 bits per heavy atom. The van der Waals surface area contributed by atoms with Gasteiger partial charge < -0.3 is 19.6 Å². The third-order valence-corrected chi connectivity index (χ3v) is 3.01. The zero-order chi connectivity index (χ0) is 12.7. The summed E-state index contributed by atoms with van der Waals surface area (Å²) in [6.45, 7) is 0.855. The first kappa shape index (κ1) is 11.5. The van der Waals surface area contributed by atoms with Gasteiger partial charge in [0.2, 0.25) is 11.3 Å². The molecule has 1 saturated heterocycles. The molecule has 0 saturated carbocycles. The van der Waals surface area contributed by atoms with Gasteiger partial charge in [0, 0.05) is 5.02 Å². The average molecular weight is 268 g/mol. The van der Waals surface area contributed by atoms with Crippen molar-refractivity contribution < 1.29 is 13.9 Å². The zero-order valence-electron chi connectivity index (χ0n) is 9.31. The molecule has 2 N–H and O–H groups in total. The summed E-state index contributed by atoms with van der Waals surface area (Å²) in [5.74, 6) is 0.0155. The number of ether oxygens (including phenoxy) is 2. The first-order valence-electron chi connectivity index (χ1n) is 5.42. The van der Waals surface area contributed by atoms with Crippen LogP contribution in [-0.4, -0.2) is 13.2 Å². The molecule has 5 nitrogen and oxygen atoms in total. The van der Waals surface area contributed by atoms with E-state index in [-0.39, 0.29) is 16.9 Å². The topological polar surface area (TPSA) is 74.7 Å². The molecule has 3 rings (SSSR count). The molecule has 0 amide bonds. The van der Waals surface area contributed by atoms with Gasteiger partial charge in [0.05, 0.1) is 18.6 Å². The van der Waals surface area contributed by atoms with Gasteiger partial charge in [-0.25, -0.2) is 0 Å². The van der Waals surface area contributed by atoms with Gasteiger partial charge in [-0.15, -0.1) is 0 Å². The average Bonchev–Trinajstić information content (AvgIpc) is 2.84. The van der Waals surface area contributed by atoms with E-state index < -0.39 is 6.29 Å². The second-order valence-electron chi connectivity index (χ2n) is 3.92. The standard InChI is InChI=1S/C12H10ClNO4/c13-6-1-2-8-7(5-6)10(15)9(11(14)18-8)12-16-3-4-17-12/h1-2,5,12H,3-4,14H2. The summed E-state index contributed by atoms with van der Waals surface area (Å²) in [5.41, 5.74) is 6.06. The van der Waals surface area contributed by atoms with Crippen molar-refractivity contribution in [1.82, 2.24) is 0 Å². The van der Waals surface area contributed by atoms with Gasteiger partial charge in [0.25, 0.3) is 0 Å². The first-order valence-corrected chi connectivity index (χ1v) is 5.79. The summed E-state index contributed by atoms with van der Waals surface area (Å²) in [5, 5.41) is 0.824. The Hall–Kier alpha value is -1.56. The fourth-order valence-corrected chi connectivity index (χ4v) is 2.12. The van der Waals surface area contributed by atoms with E-state index in [2.05, 4.69) is 0 Å². The molecular formula is C12H10ClNO4. The van der Waals surface area contributed by atoms with Gasteiger partial charge in [-0.3, -0.25) is 4.79 Å². The predicted molar refractivity (Wildman–Crippen MR) is 66.6 cm³/mol. The van der Waals surface area contributed by atoms with Crippen LogP contribution in [0.2, 0.25) is 5.02 Å². The number of hydrogen-bond acceptors (Lipinski definition) is 5. The van der Waals surface area contributed by atoms with Crippen LogP contribution in [0, 0.1) is 0 Å². The van der Waals surface area contributed by atoms with Crippen molar-refractivity contribution in [2.75, 3.05) is 18.9 Å². The minimum Gasteiger partial charge on any atom is -0.440 e. The molecule has 0 unspecified atom stereocenters. The lowest BCUT2D eigenvalue weighted by atomic mass is 10.1. The molecule has 0 spiro atoms. The van der Waals surface area contributed by atoms with Crippen molar-refractivity contribution >= 4 is 28.5 Å². The van der Waals surface area contributed by atoms with Crippen LogP contribution in [0.3, 0.4) is 0 Å². The maximum absolute atomic E-state index is 12.3. The van der Waals surface area contributed by atoms with E-state index in [4.69, 9.17) is 31.2 Å². The third kappa shape index (κ3) is 1.77. The van der Waals surface area contributed by atoms with Gasteiger partial charge in [-0.05, 0) is 18.2 Å². The summed E-state index contributed by atoms with van der Waals surface area (Å²) < 4.78 is 16.0. The maximum Gasteiger partial charge on any atom is 0.203 e. The predicted octanol–water partition coefficient (Wildman–Crippen LogP) is 2.07. The van der Waals surface area contributed by atoms with E-state index in [0.29, 0.717) is 29.2 Å². The van der Waals surface area contributed by atoms with Crippen LogP contribution in [0.4, 0.5) is 5.88 Å². The number of halogens is 1. The van der Waals surface area contributed by atoms with E-state index in [0.717, 1.165) is 0 Å². The number of benzene rings is 1. The Labute approximate surface area is 107 Å². The second kappa shape index (κ2) is 4.28. The largest absolute Gasteiger partial charge is 0.440 e. The third-order valence-electron chi connectivity index (χ3n) is 2.77. The lowest BCUT2D eigenvalue weighted by Crippen LogP contribution is -2.17. The fourth-order valence-electron chi connectivity index (χ4n) is 1.95. The number of rotatable bonds is 1. The molecule has 0 aliphatic carbocycles. The fraction of sp³-hybridized carbons (Fsp3) is 0.250. The summed E-state index contributed by atoms with van der Waals surface area (Å²) >= 11 is 5.87. The summed E-state index contributed by atoms with van der Waals surface area (Å²) in [4.78, 5) is 12.3. The monoisotopic (exact) mass is 267 g/mol. The number of fused-ring (bicyclic) bond motifs is 1. The Balaban J connectivity index is 2.28. The molecule has 18 heavy (non-hydrogen) atoms. The van der Waals surface area contributed by atoms with Crippen LogP contribution in [-0.2, 0) is 9.47 Å². The van der Waals surface area contributed by atoms with Crippen molar-refractivity contribution in [2.24, 2.45) is 0 Å². The molecule has 2 aromatic rings. The smallest absolute Gasteiger partial charge is 0.203 e. The molecule has 94 valence electrons. The minimum atomic E-state index is -0.760. The number of anilines is 1. The van der Waals surface area contributed by atoms with E-state index in [1.807, 2.05) is 0 Å². The van der Waals surface area contributed by atoms with E-state index in [1.54, 1.807) is 18.2 Å². The van der Waals surface area contributed by atoms with E-state index >= 15 is 0 Å². The molecule has 0 bridgehead atoms. The molecule has 6 heteroatoms. The van der Waals surface area contributed by atoms with Gasteiger partial charge in [0.15, 0.2) is 6.29 Å². The highest BCUT2D eigenvalue weighted by Gasteiger charge is 2.26. The molecule has 2 heterocycles. The van der Waals surface area contributed by atoms with Crippen LogP contribution in [0.1, 0.15) is 11.9 Å². The summed E-state index contributed by atoms with van der Waals surface area (Å²) in [7, 11) is 0. The first-order chi connectivity index (χ1) is 8.66. The summed E-state index contributed by atoms with van der Waals surface area (Å²) in [6.07, 6.45) is -0.760. The highest BCUT2D eigenvalue weighted by atomic mass is 35.5. The minimum absolute atomic E-state index is 0.0155. The SMILES string of the molecule is Nc1oc2ccc(Cl)cc2c(=O)c1C1OCCO1. The Morgan fingerprint density at radius 1 is 1.28 bits per heavy atom. The Kier molecular flexibility index (Phi) is 2.74. The Bertz CT molecular complexity index is 661. The molecule has 1 aromatic heterocycles. The van der Waals surface area contributed by atoms with Crippen LogP contribution < -0.4 is 11.2 Å². The van der Waals surface area contributed by atoms with Crippen molar-refractivity contribution in [3.8, 4) is 0 Å². The second-order valence-corrected chi connectivity index (χ2v) is 4.36. The number of hydrogen-bond donors (Lipinski definition) is 1. The molecule has 1 aromatic carbocycles. The molecule has 1 aliphatic heterocycles. The normalized spacial score (nSPS) is 16.5. The quantitative estimate of drug-likeness (QED) is 0.856.